The predicted octanol–water partition coefficient (Wildman–Crippen LogP) is 2.87. The summed E-state index contributed by atoms with van der Waals surface area (Å²) in [6.45, 7) is 5.27. The molecule has 0 amide bonds. The molecule has 1 aliphatic carbocycles. The Hall–Kier alpha value is -1.42. The molecule has 2 rings (SSSR count). The van der Waals surface area contributed by atoms with Crippen molar-refractivity contribution in [3.63, 3.8) is 0 Å². The smallest absolute Gasteiger partial charge is 0.269 e. The first-order valence-electron chi connectivity index (χ1n) is 5.98. The molecule has 1 N–H and O–H groups in total. The third-order valence-corrected chi connectivity index (χ3v) is 3.84. The van der Waals surface area contributed by atoms with E-state index in [-0.39, 0.29) is 10.6 Å². The van der Waals surface area contributed by atoms with Crippen molar-refractivity contribution in [2.75, 3.05) is 0 Å². The number of non-ortho nitro benzene ring substituents is 1. The van der Waals surface area contributed by atoms with E-state index < -0.39 is 0 Å². The van der Waals surface area contributed by atoms with Crippen LogP contribution in [0.4, 0.5) is 5.69 Å². The fourth-order valence-electron chi connectivity index (χ4n) is 1.88. The van der Waals surface area contributed by atoms with Gasteiger partial charge < -0.3 is 5.32 Å². The van der Waals surface area contributed by atoms with Crippen LogP contribution in [0.3, 0.4) is 0 Å². The molecule has 0 heterocycles. The summed E-state index contributed by atoms with van der Waals surface area (Å²) < 4.78 is 0. The highest BCUT2D eigenvalue weighted by Gasteiger charge is 2.42. The van der Waals surface area contributed by atoms with Crippen LogP contribution in [0.15, 0.2) is 24.3 Å². The van der Waals surface area contributed by atoms with E-state index in [0.29, 0.717) is 11.5 Å². The maximum atomic E-state index is 10.5. The molecular formula is C13H18N2O2. The molecule has 4 heteroatoms. The van der Waals surface area contributed by atoms with Crippen molar-refractivity contribution in [2.24, 2.45) is 5.41 Å². The first-order valence-corrected chi connectivity index (χ1v) is 5.98. The molecule has 1 saturated carbocycles. The van der Waals surface area contributed by atoms with Crippen LogP contribution in [0.5, 0.6) is 0 Å². The van der Waals surface area contributed by atoms with E-state index in [1.807, 2.05) is 12.1 Å². The molecule has 1 atom stereocenters. The Morgan fingerprint density at radius 2 is 2.00 bits per heavy atom. The van der Waals surface area contributed by atoms with E-state index in [1.165, 1.54) is 12.8 Å². The van der Waals surface area contributed by atoms with Gasteiger partial charge in [0.2, 0.25) is 0 Å². The second-order valence-corrected chi connectivity index (χ2v) is 5.18. The van der Waals surface area contributed by atoms with Crippen LogP contribution < -0.4 is 5.32 Å². The van der Waals surface area contributed by atoms with Crippen molar-refractivity contribution in [1.29, 1.82) is 0 Å². The van der Waals surface area contributed by atoms with Crippen LogP contribution in [0.2, 0.25) is 0 Å². The molecular weight excluding hydrogens is 216 g/mol. The lowest BCUT2D eigenvalue weighted by molar-refractivity contribution is -0.384. The lowest BCUT2D eigenvalue weighted by Gasteiger charge is -2.20. The molecule has 0 aliphatic heterocycles. The Labute approximate surface area is 101 Å². The summed E-state index contributed by atoms with van der Waals surface area (Å²) in [7, 11) is 0. The number of benzene rings is 1. The molecule has 0 aromatic heterocycles. The van der Waals surface area contributed by atoms with Gasteiger partial charge in [-0.2, -0.15) is 0 Å². The van der Waals surface area contributed by atoms with Gasteiger partial charge in [-0.3, -0.25) is 10.1 Å². The van der Waals surface area contributed by atoms with Crippen LogP contribution in [0.25, 0.3) is 0 Å². The molecule has 1 unspecified atom stereocenters. The Morgan fingerprint density at radius 1 is 1.41 bits per heavy atom. The fraction of sp³-hybridized carbons (Fsp3) is 0.538. The highest BCUT2D eigenvalue weighted by atomic mass is 16.6. The van der Waals surface area contributed by atoms with Crippen LogP contribution in [-0.2, 0) is 6.54 Å². The summed E-state index contributed by atoms with van der Waals surface area (Å²) >= 11 is 0. The zero-order chi connectivity index (χ0) is 12.5. The van der Waals surface area contributed by atoms with E-state index in [1.54, 1.807) is 12.1 Å². The van der Waals surface area contributed by atoms with Crippen molar-refractivity contribution < 1.29 is 4.92 Å². The van der Waals surface area contributed by atoms with Crippen LogP contribution in [0, 0.1) is 15.5 Å². The van der Waals surface area contributed by atoms with E-state index in [2.05, 4.69) is 19.2 Å². The highest BCUT2D eigenvalue weighted by molar-refractivity contribution is 5.32. The van der Waals surface area contributed by atoms with E-state index in [0.717, 1.165) is 12.1 Å². The Bertz CT molecular complexity index is 410. The monoisotopic (exact) mass is 234 g/mol. The maximum Gasteiger partial charge on any atom is 0.269 e. The summed E-state index contributed by atoms with van der Waals surface area (Å²) in [5.41, 5.74) is 1.70. The third kappa shape index (κ3) is 2.82. The molecule has 0 saturated heterocycles. The van der Waals surface area contributed by atoms with Gasteiger partial charge in [0, 0.05) is 24.7 Å². The van der Waals surface area contributed by atoms with E-state index >= 15 is 0 Å². The quantitative estimate of drug-likeness (QED) is 0.629. The molecule has 0 radical (unpaired) electrons. The first-order chi connectivity index (χ1) is 8.01. The van der Waals surface area contributed by atoms with E-state index in [4.69, 9.17) is 0 Å². The minimum Gasteiger partial charge on any atom is -0.310 e. The lowest BCUT2D eigenvalue weighted by Crippen LogP contribution is -2.32. The fourth-order valence-corrected chi connectivity index (χ4v) is 1.88. The number of hydrogen-bond acceptors (Lipinski definition) is 3. The van der Waals surface area contributed by atoms with E-state index in [9.17, 15) is 10.1 Å². The standard InChI is InChI=1S/C13H18N2O2/c1-10(13(2)7-8-13)14-9-11-3-5-12(6-4-11)15(16)17/h3-6,10,14H,7-9H2,1-2H3. The topological polar surface area (TPSA) is 55.2 Å². The largest absolute Gasteiger partial charge is 0.310 e. The summed E-state index contributed by atoms with van der Waals surface area (Å²) in [6.07, 6.45) is 2.59. The minimum atomic E-state index is -0.370. The van der Waals surface area contributed by atoms with Gasteiger partial charge in [0.05, 0.1) is 4.92 Å². The van der Waals surface area contributed by atoms with Crippen LogP contribution in [0.1, 0.15) is 32.3 Å². The van der Waals surface area contributed by atoms with Gasteiger partial charge in [-0.15, -0.1) is 0 Å². The maximum absolute atomic E-state index is 10.5. The molecule has 1 aromatic rings. The molecule has 17 heavy (non-hydrogen) atoms. The summed E-state index contributed by atoms with van der Waals surface area (Å²) in [4.78, 5) is 10.1. The first kappa shape index (κ1) is 12.0. The molecule has 0 bridgehead atoms. The van der Waals surface area contributed by atoms with Crippen LogP contribution in [-0.4, -0.2) is 11.0 Å². The average molecular weight is 234 g/mol. The van der Waals surface area contributed by atoms with Crippen molar-refractivity contribution in [2.45, 2.75) is 39.3 Å². The minimum absolute atomic E-state index is 0.149. The summed E-state index contributed by atoms with van der Waals surface area (Å²) in [6, 6.07) is 7.24. The Morgan fingerprint density at radius 3 is 2.47 bits per heavy atom. The zero-order valence-corrected chi connectivity index (χ0v) is 10.3. The number of hydrogen-bond donors (Lipinski definition) is 1. The number of nitro groups is 1. The van der Waals surface area contributed by atoms with Gasteiger partial charge in [0.15, 0.2) is 0 Å². The van der Waals surface area contributed by atoms with Gasteiger partial charge in [-0.1, -0.05) is 19.1 Å². The van der Waals surface area contributed by atoms with Crippen molar-refractivity contribution in [1.82, 2.24) is 5.32 Å². The second-order valence-electron chi connectivity index (χ2n) is 5.18. The lowest BCUT2D eigenvalue weighted by atomic mass is 10.0. The highest BCUT2D eigenvalue weighted by Crippen LogP contribution is 2.47. The molecule has 0 spiro atoms. The number of rotatable bonds is 5. The number of nitrogens with one attached hydrogen (secondary N) is 1. The summed E-state index contributed by atoms with van der Waals surface area (Å²) in [5, 5.41) is 14.0. The number of nitro benzene ring substituents is 1. The normalized spacial score (nSPS) is 18.7. The van der Waals surface area contributed by atoms with Gasteiger partial charge in [0.1, 0.15) is 0 Å². The summed E-state index contributed by atoms with van der Waals surface area (Å²) in [5.74, 6) is 0. The van der Waals surface area contributed by atoms with Gasteiger partial charge in [0.25, 0.3) is 5.69 Å². The molecule has 1 aliphatic rings. The second kappa shape index (κ2) is 4.45. The third-order valence-electron chi connectivity index (χ3n) is 3.84. The molecule has 92 valence electrons. The van der Waals surface area contributed by atoms with Gasteiger partial charge >= 0.3 is 0 Å². The van der Waals surface area contributed by atoms with Gasteiger partial charge in [-0.25, -0.2) is 0 Å². The van der Waals surface area contributed by atoms with Crippen molar-refractivity contribution in [3.8, 4) is 0 Å². The average Bonchev–Trinajstić information content (AvgIpc) is 3.06. The van der Waals surface area contributed by atoms with Crippen molar-refractivity contribution in [3.05, 3.63) is 39.9 Å². The predicted molar refractivity (Wildman–Crippen MR) is 66.7 cm³/mol. The molecule has 4 nitrogen and oxygen atoms in total. The Kier molecular flexibility index (Phi) is 3.15. The molecule has 1 aromatic carbocycles. The van der Waals surface area contributed by atoms with Gasteiger partial charge in [-0.05, 0) is 30.7 Å². The zero-order valence-electron chi connectivity index (χ0n) is 10.3. The molecule has 1 fully saturated rings. The SMILES string of the molecule is CC(NCc1ccc([N+](=O)[O-])cc1)C1(C)CC1. The van der Waals surface area contributed by atoms with Crippen LogP contribution >= 0.6 is 0 Å². The number of nitrogens with zero attached hydrogens (tertiary/aromatic N) is 1. The van der Waals surface area contributed by atoms with Crippen molar-refractivity contribution >= 4 is 5.69 Å². The Balaban J connectivity index is 1.89.